The molecule has 0 saturated carbocycles. The van der Waals surface area contributed by atoms with Crippen molar-refractivity contribution >= 4 is 0 Å². The molecular weight excluding hydrogens is 363 g/mol. The first-order valence-electron chi connectivity index (χ1n) is 5.19. The molecule has 0 aliphatic heterocycles. The molecular formula is C14H16Pt. The standard InChI is InChI=1S/C9H11.C5H5.Pt/c1-8(2)9-6-4-3-5-7-9;1-2-4-5-3-1;/h3-7H,1-2H3;1-3H,4H2;. The quantitative estimate of drug-likeness (QED) is 0.749. The second-order valence-corrected chi connectivity index (χ2v) is 8.91. The van der Waals surface area contributed by atoms with Gasteiger partial charge in [-0.1, -0.05) is 0 Å². The van der Waals surface area contributed by atoms with Crippen LogP contribution in [-0.2, 0) is 22.4 Å². The van der Waals surface area contributed by atoms with Crippen molar-refractivity contribution in [1.29, 1.82) is 0 Å². The average Bonchev–Trinajstić information content (AvgIpc) is 2.71. The molecule has 0 nitrogen and oxygen atoms in total. The molecule has 1 aliphatic carbocycles. The number of benzene rings is 1. The molecule has 0 saturated heterocycles. The molecule has 82 valence electrons. The first-order chi connectivity index (χ1) is 7.18. The molecule has 0 spiro atoms. The summed E-state index contributed by atoms with van der Waals surface area (Å²) < 4.78 is 2.02. The Balaban J connectivity index is 2.13. The van der Waals surface area contributed by atoms with E-state index in [0.717, 1.165) is 0 Å². The molecule has 0 aromatic heterocycles. The Morgan fingerprint density at radius 2 is 1.87 bits per heavy atom. The predicted octanol–water partition coefficient (Wildman–Crippen LogP) is 3.85. The fourth-order valence-corrected chi connectivity index (χ4v) is 5.03. The van der Waals surface area contributed by atoms with E-state index < -0.39 is 0 Å². The molecule has 15 heavy (non-hydrogen) atoms. The van der Waals surface area contributed by atoms with Crippen LogP contribution < -0.4 is 0 Å². The van der Waals surface area contributed by atoms with Gasteiger partial charge in [0.25, 0.3) is 0 Å². The van der Waals surface area contributed by atoms with Gasteiger partial charge in [-0.3, -0.25) is 0 Å². The molecule has 1 aromatic carbocycles. The van der Waals surface area contributed by atoms with E-state index in [1.165, 1.54) is 12.0 Å². The van der Waals surface area contributed by atoms with Crippen molar-refractivity contribution in [3.63, 3.8) is 0 Å². The van der Waals surface area contributed by atoms with Crippen molar-refractivity contribution in [2.45, 2.75) is 24.1 Å². The van der Waals surface area contributed by atoms with Gasteiger partial charge < -0.3 is 0 Å². The molecule has 0 unspecified atom stereocenters. The van der Waals surface area contributed by atoms with Crippen LogP contribution in [0.2, 0.25) is 0 Å². The third-order valence-corrected chi connectivity index (χ3v) is 6.09. The van der Waals surface area contributed by atoms with Gasteiger partial charge in [0, 0.05) is 0 Å². The Morgan fingerprint density at radius 1 is 1.13 bits per heavy atom. The van der Waals surface area contributed by atoms with Gasteiger partial charge in [0.1, 0.15) is 0 Å². The number of allylic oxidation sites excluding steroid dienone is 4. The Hall–Kier alpha value is -0.612. The van der Waals surface area contributed by atoms with Crippen molar-refractivity contribution in [3.8, 4) is 0 Å². The topological polar surface area (TPSA) is 0 Å². The van der Waals surface area contributed by atoms with Gasteiger partial charge in [-0.25, -0.2) is 0 Å². The third-order valence-electron chi connectivity index (χ3n) is 2.44. The zero-order chi connectivity index (χ0) is 10.7. The second kappa shape index (κ2) is 4.49. The molecule has 0 radical (unpaired) electrons. The summed E-state index contributed by atoms with van der Waals surface area (Å²) in [6.45, 7) is 4.74. The van der Waals surface area contributed by atoms with Crippen LogP contribution in [-0.4, -0.2) is 0 Å². The summed E-state index contributed by atoms with van der Waals surface area (Å²) >= 11 is 0.0842. The van der Waals surface area contributed by atoms with E-state index in [2.05, 4.69) is 62.4 Å². The average molecular weight is 379 g/mol. The molecule has 0 amide bonds. The van der Waals surface area contributed by atoms with E-state index in [9.17, 15) is 0 Å². The van der Waals surface area contributed by atoms with E-state index in [1.54, 1.807) is 3.96 Å². The normalized spacial score (nSPS) is 15.7. The fourth-order valence-electron chi connectivity index (χ4n) is 1.59. The van der Waals surface area contributed by atoms with E-state index in [0.29, 0.717) is 3.80 Å². The molecule has 0 fully saturated rings. The molecule has 1 aliphatic rings. The summed E-state index contributed by atoms with van der Waals surface area (Å²) in [5.74, 6) is 0. The van der Waals surface area contributed by atoms with Gasteiger partial charge in [0.2, 0.25) is 0 Å². The van der Waals surface area contributed by atoms with Crippen LogP contribution in [0, 0.1) is 0 Å². The summed E-state index contributed by atoms with van der Waals surface area (Å²) in [5, 5.41) is 0. The molecule has 1 aromatic rings. The van der Waals surface area contributed by atoms with Gasteiger partial charge in [0.15, 0.2) is 0 Å². The minimum absolute atomic E-state index is 0.0842. The van der Waals surface area contributed by atoms with Crippen LogP contribution in [0.4, 0.5) is 0 Å². The minimum atomic E-state index is 0.0842. The first-order valence-corrected chi connectivity index (χ1v) is 7.47. The maximum absolute atomic E-state index is 2.37. The van der Waals surface area contributed by atoms with E-state index in [4.69, 9.17) is 0 Å². The fraction of sp³-hybridized carbons (Fsp3) is 0.286. The predicted molar refractivity (Wildman–Crippen MR) is 61.3 cm³/mol. The first kappa shape index (κ1) is 10.9. The summed E-state index contributed by atoms with van der Waals surface area (Å²) in [4.78, 5) is 0. The van der Waals surface area contributed by atoms with Gasteiger partial charge in [0.05, 0.1) is 0 Å². The van der Waals surface area contributed by atoms with Crippen molar-refractivity contribution in [3.05, 3.63) is 58.1 Å². The molecule has 0 bridgehead atoms. The summed E-state index contributed by atoms with van der Waals surface area (Å²) in [6, 6.07) is 10.9. The van der Waals surface area contributed by atoms with Gasteiger partial charge in [-0.15, -0.1) is 0 Å². The Labute approximate surface area is 101 Å². The molecule has 2 rings (SSSR count). The third kappa shape index (κ3) is 2.69. The van der Waals surface area contributed by atoms with E-state index in [1.807, 2.05) is 0 Å². The van der Waals surface area contributed by atoms with Crippen molar-refractivity contribution in [1.82, 2.24) is 0 Å². The van der Waals surface area contributed by atoms with E-state index >= 15 is 0 Å². The maximum atomic E-state index is 2.37. The Bertz CT molecular complexity index is 385. The van der Waals surface area contributed by atoms with Gasteiger partial charge in [-0.2, -0.15) is 0 Å². The van der Waals surface area contributed by atoms with Gasteiger partial charge in [-0.05, 0) is 0 Å². The summed E-state index contributed by atoms with van der Waals surface area (Å²) in [6.07, 6.45) is 7.94. The number of rotatable bonds is 3. The van der Waals surface area contributed by atoms with Crippen LogP contribution in [0.3, 0.4) is 0 Å². The van der Waals surface area contributed by atoms with Crippen LogP contribution in [0.15, 0.2) is 52.5 Å². The number of hydrogen-bond acceptors (Lipinski definition) is 0. The molecule has 1 heteroatoms. The Kier molecular flexibility index (Phi) is 3.26. The molecule has 0 atom stereocenters. The zero-order valence-electron chi connectivity index (χ0n) is 9.14. The monoisotopic (exact) mass is 379 g/mol. The van der Waals surface area contributed by atoms with Crippen LogP contribution in [0.5, 0.6) is 0 Å². The van der Waals surface area contributed by atoms with Crippen molar-refractivity contribution in [2.75, 3.05) is 0 Å². The second-order valence-electron chi connectivity index (χ2n) is 4.05. The van der Waals surface area contributed by atoms with Crippen LogP contribution in [0.1, 0.15) is 25.8 Å². The Morgan fingerprint density at radius 3 is 2.47 bits per heavy atom. The van der Waals surface area contributed by atoms with Crippen molar-refractivity contribution < 1.29 is 18.6 Å². The number of hydrogen-bond donors (Lipinski definition) is 0. The molecule has 0 heterocycles. The van der Waals surface area contributed by atoms with E-state index in [-0.39, 0.29) is 18.6 Å². The molecule has 0 N–H and O–H groups in total. The zero-order valence-corrected chi connectivity index (χ0v) is 11.4. The van der Waals surface area contributed by atoms with Crippen LogP contribution >= 0.6 is 0 Å². The summed E-state index contributed by atoms with van der Waals surface area (Å²) in [7, 11) is 0. The summed E-state index contributed by atoms with van der Waals surface area (Å²) in [5.41, 5.74) is 1.48. The van der Waals surface area contributed by atoms with Gasteiger partial charge >= 0.3 is 101 Å². The van der Waals surface area contributed by atoms with Crippen molar-refractivity contribution in [2.24, 2.45) is 0 Å². The SMILES string of the molecule is C[C](C)([Pt][C]1=CC=CC1)c1ccccc1. The van der Waals surface area contributed by atoms with Crippen LogP contribution in [0.25, 0.3) is 0 Å².